The van der Waals surface area contributed by atoms with Gasteiger partial charge in [-0.05, 0) is 59.1 Å². The number of carboxylic acid groups (broad SMARTS) is 1. The number of anilines is 2. The Hall–Kier alpha value is -3.58. The molecule has 6 nitrogen and oxygen atoms in total. The minimum atomic E-state index is -1.04. The van der Waals surface area contributed by atoms with Crippen molar-refractivity contribution in [2.24, 2.45) is 0 Å². The van der Waals surface area contributed by atoms with E-state index in [-0.39, 0.29) is 11.0 Å². The highest BCUT2D eigenvalue weighted by Gasteiger charge is 2.29. The molecule has 0 saturated carbocycles. The number of aromatic nitrogens is 2. The molecular formula is C26H27N3O3S. The lowest BCUT2D eigenvalue weighted by Gasteiger charge is -2.18. The number of methoxy groups -OCH3 is 1. The van der Waals surface area contributed by atoms with Crippen molar-refractivity contribution in [3.63, 3.8) is 0 Å². The lowest BCUT2D eigenvalue weighted by molar-refractivity contribution is 0.0697. The number of para-hydroxylation sites is 1. The van der Waals surface area contributed by atoms with Crippen LogP contribution >= 0.6 is 11.3 Å². The third kappa shape index (κ3) is 4.36. The van der Waals surface area contributed by atoms with Gasteiger partial charge in [-0.3, -0.25) is 0 Å². The molecule has 2 aromatic carbocycles. The number of hydrogen-bond acceptors (Lipinski definition) is 5. The summed E-state index contributed by atoms with van der Waals surface area (Å²) in [6.07, 6.45) is 0. The highest BCUT2D eigenvalue weighted by molar-refractivity contribution is 7.08. The van der Waals surface area contributed by atoms with Crippen LogP contribution in [-0.2, 0) is 5.41 Å². The Morgan fingerprint density at radius 1 is 1.15 bits per heavy atom. The highest BCUT2D eigenvalue weighted by Crippen LogP contribution is 2.42. The zero-order valence-corrected chi connectivity index (χ0v) is 20.2. The van der Waals surface area contributed by atoms with Crippen LogP contribution in [0.4, 0.5) is 11.5 Å². The molecular weight excluding hydrogens is 434 g/mol. The standard InChI is InChI=1S/C26H27N3O3S/c1-16-8-6-7-9-21(16)29-24(27-20-11-10-18(32-5)14-19(20)25(30)31)22(17-12-13-33-15-17)23(28-29)26(2,3)4/h6-15,27H,1-5H3,(H,30,31). The summed E-state index contributed by atoms with van der Waals surface area (Å²) in [5.74, 6) is 0.172. The van der Waals surface area contributed by atoms with Crippen LogP contribution < -0.4 is 10.1 Å². The first kappa shape index (κ1) is 22.6. The molecule has 0 atom stereocenters. The van der Waals surface area contributed by atoms with E-state index in [1.54, 1.807) is 23.5 Å². The molecule has 0 radical (unpaired) electrons. The van der Waals surface area contributed by atoms with Crippen molar-refractivity contribution < 1.29 is 14.6 Å². The smallest absolute Gasteiger partial charge is 0.337 e. The van der Waals surface area contributed by atoms with E-state index in [1.807, 2.05) is 41.3 Å². The first-order valence-corrected chi connectivity index (χ1v) is 11.6. The van der Waals surface area contributed by atoms with Gasteiger partial charge in [0.25, 0.3) is 0 Å². The molecule has 0 aliphatic rings. The third-order valence-corrected chi connectivity index (χ3v) is 6.14. The summed E-state index contributed by atoms with van der Waals surface area (Å²) in [5.41, 5.74) is 5.27. The molecule has 170 valence electrons. The van der Waals surface area contributed by atoms with Gasteiger partial charge in [0.15, 0.2) is 0 Å². The van der Waals surface area contributed by atoms with Gasteiger partial charge in [-0.25, -0.2) is 9.48 Å². The zero-order valence-electron chi connectivity index (χ0n) is 19.3. The van der Waals surface area contributed by atoms with E-state index >= 15 is 0 Å². The molecule has 33 heavy (non-hydrogen) atoms. The number of benzene rings is 2. The van der Waals surface area contributed by atoms with Gasteiger partial charge in [0.05, 0.1) is 29.7 Å². The van der Waals surface area contributed by atoms with Gasteiger partial charge < -0.3 is 15.2 Å². The number of ether oxygens (including phenoxy) is 1. The predicted octanol–water partition coefficient (Wildman–Crippen LogP) is 6.66. The van der Waals surface area contributed by atoms with Crippen LogP contribution in [0.3, 0.4) is 0 Å². The summed E-state index contributed by atoms with van der Waals surface area (Å²) < 4.78 is 7.13. The Kier molecular flexibility index (Phi) is 5.99. The Balaban J connectivity index is 2.02. The lowest BCUT2D eigenvalue weighted by Crippen LogP contribution is -2.14. The van der Waals surface area contributed by atoms with Crippen molar-refractivity contribution >= 4 is 28.8 Å². The molecule has 0 aliphatic carbocycles. The van der Waals surface area contributed by atoms with Gasteiger partial charge in [-0.15, -0.1) is 0 Å². The van der Waals surface area contributed by atoms with E-state index in [9.17, 15) is 9.90 Å². The topological polar surface area (TPSA) is 76.4 Å². The molecule has 0 spiro atoms. The van der Waals surface area contributed by atoms with Crippen LogP contribution in [-0.4, -0.2) is 28.0 Å². The molecule has 0 bridgehead atoms. The second-order valence-corrected chi connectivity index (χ2v) is 9.65. The molecule has 0 amide bonds. The SMILES string of the molecule is COc1ccc(Nc2c(-c3ccsc3)c(C(C)(C)C)nn2-c2ccccc2C)c(C(=O)O)c1. The lowest BCUT2D eigenvalue weighted by atomic mass is 9.87. The Morgan fingerprint density at radius 3 is 2.52 bits per heavy atom. The fourth-order valence-electron chi connectivity index (χ4n) is 3.78. The fraction of sp³-hybridized carbons (Fsp3) is 0.231. The van der Waals surface area contributed by atoms with E-state index in [0.29, 0.717) is 11.4 Å². The van der Waals surface area contributed by atoms with E-state index < -0.39 is 5.97 Å². The van der Waals surface area contributed by atoms with Crippen LogP contribution in [0.2, 0.25) is 0 Å². The minimum absolute atomic E-state index is 0.125. The molecule has 0 saturated heterocycles. The predicted molar refractivity (Wildman–Crippen MR) is 134 cm³/mol. The number of carbonyl (C=O) groups is 1. The summed E-state index contributed by atoms with van der Waals surface area (Å²) in [5, 5.41) is 22.5. The summed E-state index contributed by atoms with van der Waals surface area (Å²) >= 11 is 1.61. The second kappa shape index (κ2) is 8.75. The summed E-state index contributed by atoms with van der Waals surface area (Å²) in [7, 11) is 1.52. The van der Waals surface area contributed by atoms with Crippen molar-refractivity contribution in [2.75, 3.05) is 12.4 Å². The maximum atomic E-state index is 12.1. The van der Waals surface area contributed by atoms with Gasteiger partial charge in [0.2, 0.25) is 0 Å². The van der Waals surface area contributed by atoms with Crippen molar-refractivity contribution in [2.45, 2.75) is 33.1 Å². The zero-order chi connectivity index (χ0) is 23.8. The maximum absolute atomic E-state index is 12.1. The van der Waals surface area contributed by atoms with Crippen LogP contribution in [0.5, 0.6) is 5.75 Å². The summed E-state index contributed by atoms with van der Waals surface area (Å²) in [6.45, 7) is 8.44. The molecule has 0 fully saturated rings. The highest BCUT2D eigenvalue weighted by atomic mass is 32.1. The van der Waals surface area contributed by atoms with Crippen LogP contribution in [0.15, 0.2) is 59.3 Å². The normalized spacial score (nSPS) is 11.4. The summed E-state index contributed by atoms with van der Waals surface area (Å²) in [6, 6.07) is 15.1. The van der Waals surface area contributed by atoms with Crippen molar-refractivity contribution in [1.82, 2.24) is 9.78 Å². The van der Waals surface area contributed by atoms with Crippen LogP contribution in [0.25, 0.3) is 16.8 Å². The van der Waals surface area contributed by atoms with Crippen molar-refractivity contribution in [3.05, 3.63) is 76.1 Å². The van der Waals surface area contributed by atoms with Crippen molar-refractivity contribution in [3.8, 4) is 22.6 Å². The van der Waals surface area contributed by atoms with E-state index in [1.165, 1.54) is 13.2 Å². The number of nitrogens with one attached hydrogen (secondary N) is 1. The third-order valence-electron chi connectivity index (χ3n) is 5.46. The van der Waals surface area contributed by atoms with Gasteiger partial charge in [0.1, 0.15) is 11.6 Å². The average molecular weight is 462 g/mol. The number of aromatic carboxylic acids is 1. The number of hydrogen-bond donors (Lipinski definition) is 2. The van der Waals surface area contributed by atoms with E-state index in [4.69, 9.17) is 9.84 Å². The fourth-order valence-corrected chi connectivity index (χ4v) is 4.42. The summed E-state index contributed by atoms with van der Waals surface area (Å²) in [4.78, 5) is 12.1. The number of thiophene rings is 1. The Morgan fingerprint density at radius 2 is 1.91 bits per heavy atom. The maximum Gasteiger partial charge on any atom is 0.337 e. The van der Waals surface area contributed by atoms with Gasteiger partial charge in [-0.1, -0.05) is 39.0 Å². The molecule has 7 heteroatoms. The minimum Gasteiger partial charge on any atom is -0.497 e. The van der Waals surface area contributed by atoms with Crippen LogP contribution in [0, 0.1) is 6.92 Å². The van der Waals surface area contributed by atoms with E-state index in [0.717, 1.165) is 33.9 Å². The quantitative estimate of drug-likeness (QED) is 0.336. The Labute approximate surface area is 197 Å². The monoisotopic (exact) mass is 461 g/mol. The van der Waals surface area contributed by atoms with Gasteiger partial charge in [-0.2, -0.15) is 16.4 Å². The van der Waals surface area contributed by atoms with Crippen molar-refractivity contribution in [1.29, 1.82) is 0 Å². The molecule has 4 aromatic rings. The van der Waals surface area contributed by atoms with E-state index in [2.05, 4.69) is 37.5 Å². The van der Waals surface area contributed by atoms with Gasteiger partial charge >= 0.3 is 5.97 Å². The van der Waals surface area contributed by atoms with Crippen LogP contribution in [0.1, 0.15) is 42.4 Å². The number of aryl methyl sites for hydroxylation is 1. The molecule has 4 rings (SSSR count). The molecule has 0 aliphatic heterocycles. The first-order chi connectivity index (χ1) is 15.7. The first-order valence-electron chi connectivity index (χ1n) is 10.6. The molecule has 2 aromatic heterocycles. The molecule has 0 unspecified atom stereocenters. The Bertz CT molecular complexity index is 1300. The molecule has 2 heterocycles. The number of carboxylic acids is 1. The number of nitrogens with zero attached hydrogens (tertiary/aromatic N) is 2. The molecule has 2 N–H and O–H groups in total. The van der Waals surface area contributed by atoms with Gasteiger partial charge in [0, 0.05) is 11.0 Å². The largest absolute Gasteiger partial charge is 0.497 e. The second-order valence-electron chi connectivity index (χ2n) is 8.87. The number of rotatable bonds is 6. The average Bonchev–Trinajstić information content (AvgIpc) is 3.42.